The fourth-order valence-corrected chi connectivity index (χ4v) is 5.72. The molecule has 0 spiro atoms. The Kier molecular flexibility index (Phi) is 7.37. The monoisotopic (exact) mass is 509 g/mol. The number of hydrogen-bond donors (Lipinski definition) is 1. The third kappa shape index (κ3) is 5.16. The summed E-state index contributed by atoms with van der Waals surface area (Å²) in [4.78, 5) is 48.5. The van der Waals surface area contributed by atoms with E-state index in [1.165, 1.54) is 17.7 Å². The first-order valence-corrected chi connectivity index (χ1v) is 13.3. The Morgan fingerprint density at radius 2 is 1.89 bits per heavy atom. The smallest absolute Gasteiger partial charge is 0.251 e. The quantitative estimate of drug-likeness (QED) is 0.324. The number of amides is 2. The van der Waals surface area contributed by atoms with Crippen LogP contribution in [0.5, 0.6) is 0 Å². The molecule has 3 aliphatic heterocycles. The Labute approximate surface area is 216 Å². The fraction of sp³-hybridized carbons (Fsp3) is 0.654. The minimum atomic E-state index is -0.813. The van der Waals surface area contributed by atoms with Crippen LogP contribution in [0.1, 0.15) is 43.5 Å². The molecule has 11 heteroatoms. The molecular formula is C26H35N7O4. The summed E-state index contributed by atoms with van der Waals surface area (Å²) in [5, 5.41) is 6.66. The van der Waals surface area contributed by atoms with Gasteiger partial charge in [0, 0.05) is 54.9 Å². The summed E-state index contributed by atoms with van der Waals surface area (Å²) in [6.45, 7) is 7.92. The minimum Gasteiger partial charge on any atom is -0.369 e. The average molecular weight is 510 g/mol. The van der Waals surface area contributed by atoms with Crippen molar-refractivity contribution in [2.24, 2.45) is 11.0 Å². The molecule has 0 aromatic heterocycles. The van der Waals surface area contributed by atoms with Crippen molar-refractivity contribution in [3.63, 3.8) is 0 Å². The first-order valence-electron chi connectivity index (χ1n) is 13.3. The number of carbonyl (C=O) groups excluding carboxylic acids is 3. The number of carbonyl (C=O) groups is 3. The Balaban J connectivity index is 1.26. The first-order chi connectivity index (χ1) is 17.9. The number of nitrogens with zero attached hydrogens (tertiary/aromatic N) is 6. The molecule has 5 atom stereocenters. The predicted molar refractivity (Wildman–Crippen MR) is 137 cm³/mol. The number of azide groups is 1. The number of ether oxygens (including phenoxy) is 1. The number of ketones is 1. The van der Waals surface area contributed by atoms with E-state index in [9.17, 15) is 14.4 Å². The van der Waals surface area contributed by atoms with Gasteiger partial charge in [0.2, 0.25) is 5.91 Å². The van der Waals surface area contributed by atoms with Crippen molar-refractivity contribution < 1.29 is 19.1 Å². The topological polar surface area (TPSA) is 131 Å². The van der Waals surface area contributed by atoms with Gasteiger partial charge >= 0.3 is 0 Å². The van der Waals surface area contributed by atoms with Crippen molar-refractivity contribution in [1.82, 2.24) is 15.1 Å². The maximum Gasteiger partial charge on any atom is 0.251 e. The molecule has 1 saturated carbocycles. The number of anilines is 1. The number of Topliss-reactive ketones (excluding diaryl/α,β-unsaturated/α-hetero) is 1. The number of fused-ring (bicyclic) bond motifs is 1. The van der Waals surface area contributed by atoms with Crippen LogP contribution in [-0.2, 0) is 14.3 Å². The van der Waals surface area contributed by atoms with E-state index in [4.69, 9.17) is 10.3 Å². The van der Waals surface area contributed by atoms with Crippen molar-refractivity contribution in [2.75, 3.05) is 44.2 Å². The van der Waals surface area contributed by atoms with E-state index in [-0.39, 0.29) is 36.7 Å². The SMILES string of the molecule is CC[C@H](C)[C@H](NC(=O)c1ccc(N2CCN(C3CC3)CC2)cc1)C(=O)N1C[C@H](N=[N+]=[N-])[C@H]2OCC(=O)[C@H]21. The van der Waals surface area contributed by atoms with Gasteiger partial charge in [-0.3, -0.25) is 19.3 Å². The molecule has 37 heavy (non-hydrogen) atoms. The van der Waals surface area contributed by atoms with Crippen LogP contribution < -0.4 is 10.2 Å². The van der Waals surface area contributed by atoms with Crippen molar-refractivity contribution >= 4 is 23.3 Å². The Morgan fingerprint density at radius 3 is 2.51 bits per heavy atom. The van der Waals surface area contributed by atoms with Gasteiger partial charge in [-0.2, -0.15) is 0 Å². The molecule has 4 aliphatic rings. The van der Waals surface area contributed by atoms with Gasteiger partial charge in [-0.05, 0) is 48.6 Å². The normalized spacial score (nSPS) is 27.4. The standard InChI is InChI=1S/C26H35N7O4/c1-3-16(2)22(26(36)33-14-20(29-30-27)24-23(33)21(34)15-37-24)28-25(35)17-4-6-18(7-5-17)31-10-12-32(13-11-31)19-8-9-19/h4-7,16,19-20,22-24H,3,8-15H2,1-2H3,(H,28,35)/t16-,20-,22-,23+,24+/m0/s1. The summed E-state index contributed by atoms with van der Waals surface area (Å²) in [7, 11) is 0. The average Bonchev–Trinajstić information content (AvgIpc) is 3.62. The predicted octanol–water partition coefficient (Wildman–Crippen LogP) is 1.97. The zero-order valence-electron chi connectivity index (χ0n) is 21.5. The van der Waals surface area contributed by atoms with E-state index in [0.717, 1.165) is 37.9 Å². The minimum absolute atomic E-state index is 0.0927. The van der Waals surface area contributed by atoms with Gasteiger partial charge in [0.05, 0.1) is 12.1 Å². The van der Waals surface area contributed by atoms with E-state index in [1.54, 1.807) is 12.1 Å². The Hall–Kier alpha value is -3.14. The van der Waals surface area contributed by atoms with Crippen LogP contribution in [0.3, 0.4) is 0 Å². The molecule has 5 rings (SSSR count). The van der Waals surface area contributed by atoms with E-state index < -0.39 is 24.2 Å². The lowest BCUT2D eigenvalue weighted by atomic mass is 9.96. The van der Waals surface area contributed by atoms with Crippen molar-refractivity contribution in [3.8, 4) is 0 Å². The van der Waals surface area contributed by atoms with Gasteiger partial charge in [-0.15, -0.1) is 0 Å². The van der Waals surface area contributed by atoms with Crippen molar-refractivity contribution in [2.45, 2.75) is 63.4 Å². The van der Waals surface area contributed by atoms with Crippen LogP contribution in [0.2, 0.25) is 0 Å². The van der Waals surface area contributed by atoms with Crippen LogP contribution in [-0.4, -0.2) is 97.0 Å². The summed E-state index contributed by atoms with van der Waals surface area (Å²) in [5.41, 5.74) is 10.5. The van der Waals surface area contributed by atoms with Gasteiger partial charge in [-0.1, -0.05) is 25.4 Å². The molecule has 1 N–H and O–H groups in total. The zero-order chi connectivity index (χ0) is 26.1. The number of piperazine rings is 1. The summed E-state index contributed by atoms with van der Waals surface area (Å²) in [6.07, 6.45) is 2.66. The molecule has 0 radical (unpaired) electrons. The van der Waals surface area contributed by atoms with Gasteiger partial charge in [0.15, 0.2) is 5.78 Å². The maximum atomic E-state index is 13.6. The summed E-state index contributed by atoms with van der Waals surface area (Å²) in [6, 6.07) is 6.08. The molecule has 2 amide bonds. The fourth-order valence-electron chi connectivity index (χ4n) is 5.72. The van der Waals surface area contributed by atoms with Crippen LogP contribution in [0.4, 0.5) is 5.69 Å². The molecule has 0 unspecified atom stereocenters. The lowest BCUT2D eigenvalue weighted by molar-refractivity contribution is -0.139. The molecule has 198 valence electrons. The maximum absolute atomic E-state index is 13.6. The van der Waals surface area contributed by atoms with Gasteiger partial charge in [0.25, 0.3) is 5.91 Å². The lowest BCUT2D eigenvalue weighted by Gasteiger charge is -2.36. The van der Waals surface area contributed by atoms with Crippen LogP contribution in [0.25, 0.3) is 10.4 Å². The van der Waals surface area contributed by atoms with Crippen LogP contribution >= 0.6 is 0 Å². The number of hydrogen-bond acceptors (Lipinski definition) is 7. The number of likely N-dealkylation sites (tertiary alicyclic amines) is 1. The first kappa shape index (κ1) is 25.5. The number of rotatable bonds is 8. The van der Waals surface area contributed by atoms with E-state index in [1.807, 2.05) is 26.0 Å². The largest absolute Gasteiger partial charge is 0.369 e. The highest BCUT2D eigenvalue weighted by molar-refractivity contribution is 5.99. The van der Waals surface area contributed by atoms with Crippen LogP contribution in [0, 0.1) is 5.92 Å². The highest BCUT2D eigenvalue weighted by atomic mass is 16.5. The molecular weight excluding hydrogens is 474 g/mol. The van der Waals surface area contributed by atoms with Gasteiger partial charge in [-0.25, -0.2) is 0 Å². The molecule has 0 bridgehead atoms. The highest BCUT2D eigenvalue weighted by Gasteiger charge is 2.53. The van der Waals surface area contributed by atoms with E-state index in [0.29, 0.717) is 12.0 Å². The van der Waals surface area contributed by atoms with E-state index in [2.05, 4.69) is 25.1 Å². The second kappa shape index (κ2) is 10.7. The molecule has 1 aromatic carbocycles. The number of nitrogens with one attached hydrogen (secondary N) is 1. The summed E-state index contributed by atoms with van der Waals surface area (Å²) >= 11 is 0. The van der Waals surface area contributed by atoms with Crippen molar-refractivity contribution in [3.05, 3.63) is 40.3 Å². The van der Waals surface area contributed by atoms with Gasteiger partial charge in [0.1, 0.15) is 18.7 Å². The van der Waals surface area contributed by atoms with Gasteiger partial charge < -0.3 is 19.9 Å². The Bertz CT molecular complexity index is 1080. The van der Waals surface area contributed by atoms with Crippen LogP contribution in [0.15, 0.2) is 29.4 Å². The zero-order valence-corrected chi connectivity index (χ0v) is 21.5. The van der Waals surface area contributed by atoms with E-state index >= 15 is 0 Å². The molecule has 3 heterocycles. The second-order valence-corrected chi connectivity index (χ2v) is 10.6. The highest BCUT2D eigenvalue weighted by Crippen LogP contribution is 2.31. The van der Waals surface area contributed by atoms with Crippen molar-refractivity contribution in [1.29, 1.82) is 0 Å². The molecule has 11 nitrogen and oxygen atoms in total. The molecule has 4 fully saturated rings. The molecule has 3 saturated heterocycles. The second-order valence-electron chi connectivity index (χ2n) is 10.6. The third-order valence-electron chi connectivity index (χ3n) is 8.28. The number of benzene rings is 1. The molecule has 1 aliphatic carbocycles. The summed E-state index contributed by atoms with van der Waals surface area (Å²) < 4.78 is 5.53. The summed E-state index contributed by atoms with van der Waals surface area (Å²) in [5.74, 6) is -1.05. The lowest BCUT2D eigenvalue weighted by Crippen LogP contribution is -2.54. The third-order valence-corrected chi connectivity index (χ3v) is 8.28. The molecule has 1 aromatic rings. The Morgan fingerprint density at radius 1 is 1.19 bits per heavy atom.